The highest BCUT2D eigenvalue weighted by atomic mass is 16.5. The number of hydroxylamine groups is 1. The zero-order valence-corrected chi connectivity index (χ0v) is 10.9. The number of amides is 1. The van der Waals surface area contributed by atoms with Gasteiger partial charge >= 0.3 is 5.63 Å². The molecule has 0 unspecified atom stereocenters. The number of hydrogen-bond donors (Lipinski definition) is 2. The van der Waals surface area contributed by atoms with E-state index in [0.29, 0.717) is 22.3 Å². The number of hydrogen-bond acceptors (Lipinski definition) is 4. The first kappa shape index (κ1) is 13.1. The van der Waals surface area contributed by atoms with E-state index in [1.165, 1.54) is 12.1 Å². The SMILES string of the molecule is O=C(NO)c1ccc(-c2cc3ccccc3oc2=O)cc1. The van der Waals surface area contributed by atoms with Crippen molar-refractivity contribution >= 4 is 16.9 Å². The van der Waals surface area contributed by atoms with Crippen LogP contribution in [0.1, 0.15) is 10.4 Å². The number of fused-ring (bicyclic) bond motifs is 1. The zero-order chi connectivity index (χ0) is 14.8. The maximum absolute atomic E-state index is 12.0. The summed E-state index contributed by atoms with van der Waals surface area (Å²) in [5.74, 6) is -0.605. The van der Waals surface area contributed by atoms with Crippen LogP contribution in [0.2, 0.25) is 0 Å². The third-order valence-electron chi connectivity index (χ3n) is 3.20. The minimum Gasteiger partial charge on any atom is -0.422 e. The van der Waals surface area contributed by atoms with Crippen LogP contribution in [0.25, 0.3) is 22.1 Å². The van der Waals surface area contributed by atoms with Crippen molar-refractivity contribution < 1.29 is 14.4 Å². The molecule has 0 aliphatic carbocycles. The second-order valence-electron chi connectivity index (χ2n) is 4.50. The monoisotopic (exact) mass is 281 g/mol. The van der Waals surface area contributed by atoms with Gasteiger partial charge in [0.2, 0.25) is 0 Å². The normalized spacial score (nSPS) is 10.5. The van der Waals surface area contributed by atoms with Gasteiger partial charge in [0.15, 0.2) is 0 Å². The molecule has 5 nitrogen and oxygen atoms in total. The number of carbonyl (C=O) groups is 1. The number of rotatable bonds is 2. The predicted molar refractivity (Wildman–Crippen MR) is 77.2 cm³/mol. The Balaban J connectivity index is 2.09. The molecule has 21 heavy (non-hydrogen) atoms. The van der Waals surface area contributed by atoms with Gasteiger partial charge in [-0.2, -0.15) is 0 Å². The van der Waals surface area contributed by atoms with Gasteiger partial charge in [-0.15, -0.1) is 0 Å². The van der Waals surface area contributed by atoms with Gasteiger partial charge in [0, 0.05) is 10.9 Å². The number of nitrogens with one attached hydrogen (secondary N) is 1. The number of para-hydroxylation sites is 1. The molecule has 0 bridgehead atoms. The van der Waals surface area contributed by atoms with Gasteiger partial charge in [-0.05, 0) is 29.8 Å². The average molecular weight is 281 g/mol. The molecule has 2 aromatic carbocycles. The summed E-state index contributed by atoms with van der Waals surface area (Å²) < 4.78 is 5.27. The van der Waals surface area contributed by atoms with Crippen LogP contribution in [0.15, 0.2) is 63.8 Å². The zero-order valence-electron chi connectivity index (χ0n) is 10.9. The predicted octanol–water partition coefficient (Wildman–Crippen LogP) is 2.58. The topological polar surface area (TPSA) is 79.5 Å². The van der Waals surface area contributed by atoms with Crippen molar-refractivity contribution in [2.75, 3.05) is 0 Å². The summed E-state index contributed by atoms with van der Waals surface area (Å²) in [6, 6.07) is 15.3. The third-order valence-corrected chi connectivity index (χ3v) is 3.20. The maximum Gasteiger partial charge on any atom is 0.344 e. The Morgan fingerprint density at radius 2 is 1.76 bits per heavy atom. The van der Waals surface area contributed by atoms with Crippen LogP contribution in [0, 0.1) is 0 Å². The van der Waals surface area contributed by atoms with Crippen molar-refractivity contribution in [1.29, 1.82) is 0 Å². The largest absolute Gasteiger partial charge is 0.422 e. The molecule has 0 aliphatic rings. The molecule has 3 aromatic rings. The summed E-state index contributed by atoms with van der Waals surface area (Å²) in [5.41, 5.74) is 3.01. The summed E-state index contributed by atoms with van der Waals surface area (Å²) in [4.78, 5) is 23.3. The Morgan fingerprint density at radius 1 is 1.05 bits per heavy atom. The Bertz CT molecular complexity index is 865. The standard InChI is InChI=1S/C16H11NO4/c18-15(17-20)11-7-5-10(6-8-11)13-9-12-3-1-2-4-14(12)21-16(13)19/h1-9,20H,(H,17,18). The van der Waals surface area contributed by atoms with Crippen LogP contribution in [0.5, 0.6) is 0 Å². The first-order valence-electron chi connectivity index (χ1n) is 6.27. The Hall–Kier alpha value is -2.92. The lowest BCUT2D eigenvalue weighted by Crippen LogP contribution is -2.18. The van der Waals surface area contributed by atoms with Crippen molar-refractivity contribution in [3.05, 3.63) is 70.6 Å². The van der Waals surface area contributed by atoms with Crippen LogP contribution < -0.4 is 11.1 Å². The summed E-state index contributed by atoms with van der Waals surface area (Å²) in [6.45, 7) is 0. The van der Waals surface area contributed by atoms with Gasteiger partial charge in [-0.3, -0.25) is 10.0 Å². The highest BCUT2D eigenvalue weighted by Gasteiger charge is 2.09. The summed E-state index contributed by atoms with van der Waals surface area (Å²) in [6.07, 6.45) is 0. The molecule has 0 atom stereocenters. The smallest absolute Gasteiger partial charge is 0.344 e. The third kappa shape index (κ3) is 2.42. The minimum absolute atomic E-state index is 0.298. The summed E-state index contributed by atoms with van der Waals surface area (Å²) in [5, 5.41) is 9.40. The molecular formula is C16H11NO4. The Labute approximate surface area is 119 Å². The van der Waals surface area contributed by atoms with E-state index in [1.54, 1.807) is 35.8 Å². The van der Waals surface area contributed by atoms with Gasteiger partial charge in [0.25, 0.3) is 5.91 Å². The van der Waals surface area contributed by atoms with E-state index < -0.39 is 11.5 Å². The van der Waals surface area contributed by atoms with Crippen molar-refractivity contribution in [3.63, 3.8) is 0 Å². The van der Waals surface area contributed by atoms with E-state index in [1.807, 2.05) is 12.1 Å². The number of benzene rings is 2. The molecule has 1 aromatic heterocycles. The molecule has 2 N–H and O–H groups in total. The summed E-state index contributed by atoms with van der Waals surface area (Å²) in [7, 11) is 0. The fourth-order valence-corrected chi connectivity index (χ4v) is 2.13. The summed E-state index contributed by atoms with van der Waals surface area (Å²) >= 11 is 0. The highest BCUT2D eigenvalue weighted by molar-refractivity contribution is 5.94. The van der Waals surface area contributed by atoms with E-state index >= 15 is 0 Å². The first-order valence-corrected chi connectivity index (χ1v) is 6.27. The van der Waals surface area contributed by atoms with Gasteiger partial charge in [-0.1, -0.05) is 30.3 Å². The van der Waals surface area contributed by atoms with Crippen LogP contribution in [0.4, 0.5) is 0 Å². The van der Waals surface area contributed by atoms with Crippen LogP contribution in [0.3, 0.4) is 0 Å². The van der Waals surface area contributed by atoms with Crippen molar-refractivity contribution in [3.8, 4) is 11.1 Å². The van der Waals surface area contributed by atoms with Gasteiger partial charge in [0.05, 0.1) is 5.56 Å². The molecule has 1 heterocycles. The molecule has 0 saturated heterocycles. The molecule has 3 rings (SSSR count). The average Bonchev–Trinajstić information content (AvgIpc) is 2.53. The van der Waals surface area contributed by atoms with Gasteiger partial charge in [0.1, 0.15) is 5.58 Å². The van der Waals surface area contributed by atoms with E-state index in [9.17, 15) is 9.59 Å². The second kappa shape index (κ2) is 5.22. The Kier molecular flexibility index (Phi) is 3.25. The molecule has 1 amide bonds. The molecule has 0 saturated carbocycles. The molecule has 0 radical (unpaired) electrons. The maximum atomic E-state index is 12.0. The Morgan fingerprint density at radius 3 is 2.48 bits per heavy atom. The molecule has 0 aliphatic heterocycles. The lowest BCUT2D eigenvalue weighted by molar-refractivity contribution is 0.0706. The molecule has 0 spiro atoms. The molecule has 5 heteroatoms. The van der Waals surface area contributed by atoms with E-state index in [0.717, 1.165) is 5.39 Å². The van der Waals surface area contributed by atoms with Crippen LogP contribution >= 0.6 is 0 Å². The van der Waals surface area contributed by atoms with Crippen molar-refractivity contribution in [2.45, 2.75) is 0 Å². The highest BCUT2D eigenvalue weighted by Crippen LogP contribution is 2.21. The van der Waals surface area contributed by atoms with Crippen molar-refractivity contribution in [1.82, 2.24) is 5.48 Å². The number of carbonyl (C=O) groups excluding carboxylic acids is 1. The molecular weight excluding hydrogens is 270 g/mol. The van der Waals surface area contributed by atoms with E-state index in [2.05, 4.69) is 0 Å². The van der Waals surface area contributed by atoms with Crippen molar-refractivity contribution in [2.24, 2.45) is 0 Å². The van der Waals surface area contributed by atoms with E-state index in [4.69, 9.17) is 9.62 Å². The van der Waals surface area contributed by atoms with Crippen LogP contribution in [-0.2, 0) is 0 Å². The lowest BCUT2D eigenvalue weighted by atomic mass is 10.0. The second-order valence-corrected chi connectivity index (χ2v) is 4.50. The fourth-order valence-electron chi connectivity index (χ4n) is 2.13. The molecule has 0 fully saturated rings. The van der Waals surface area contributed by atoms with Crippen LogP contribution in [-0.4, -0.2) is 11.1 Å². The van der Waals surface area contributed by atoms with Gasteiger partial charge in [-0.25, -0.2) is 10.3 Å². The van der Waals surface area contributed by atoms with E-state index in [-0.39, 0.29) is 0 Å². The van der Waals surface area contributed by atoms with Gasteiger partial charge < -0.3 is 4.42 Å². The lowest BCUT2D eigenvalue weighted by Gasteiger charge is -2.04. The fraction of sp³-hybridized carbons (Fsp3) is 0. The minimum atomic E-state index is -0.605. The molecule has 104 valence electrons. The quantitative estimate of drug-likeness (QED) is 0.430. The first-order chi connectivity index (χ1) is 10.2.